The van der Waals surface area contributed by atoms with Gasteiger partial charge in [-0.05, 0) is 61.2 Å². The first-order valence-corrected chi connectivity index (χ1v) is 7.84. The minimum atomic E-state index is 0.248. The van der Waals surface area contributed by atoms with Crippen LogP contribution in [0.1, 0.15) is 29.0 Å². The van der Waals surface area contributed by atoms with Crippen molar-refractivity contribution in [2.75, 3.05) is 5.32 Å². The molecule has 2 unspecified atom stereocenters. The summed E-state index contributed by atoms with van der Waals surface area (Å²) in [5, 5.41) is 3.94. The van der Waals surface area contributed by atoms with E-state index in [0.717, 1.165) is 17.1 Å². The number of halogens is 1. The summed E-state index contributed by atoms with van der Waals surface area (Å²) in [5.41, 5.74) is 10.7. The van der Waals surface area contributed by atoms with E-state index < -0.39 is 0 Å². The van der Waals surface area contributed by atoms with Crippen LogP contribution in [0.3, 0.4) is 0 Å². The quantitative estimate of drug-likeness (QED) is 0.658. The van der Waals surface area contributed by atoms with E-state index >= 15 is 0 Å². The van der Waals surface area contributed by atoms with Gasteiger partial charge in [0.1, 0.15) is 0 Å². The third kappa shape index (κ3) is 3.42. The summed E-state index contributed by atoms with van der Waals surface area (Å²) in [4.78, 5) is 4.56. The molecule has 0 aliphatic heterocycles. The van der Waals surface area contributed by atoms with Gasteiger partial charge in [-0.15, -0.1) is 0 Å². The Morgan fingerprint density at radius 2 is 2.00 bits per heavy atom. The number of anilines is 1. The first kappa shape index (κ1) is 14.9. The molecule has 4 heteroatoms. The molecule has 0 bridgehead atoms. The van der Waals surface area contributed by atoms with Crippen LogP contribution in [0.4, 0.5) is 5.69 Å². The Morgan fingerprint density at radius 1 is 1.18 bits per heavy atom. The lowest BCUT2D eigenvalue weighted by Gasteiger charge is -2.08. The van der Waals surface area contributed by atoms with Crippen LogP contribution in [0.2, 0.25) is 5.02 Å². The molecule has 0 aromatic heterocycles. The Morgan fingerprint density at radius 3 is 2.73 bits per heavy atom. The second kappa shape index (κ2) is 6.01. The molecule has 1 aliphatic rings. The fraction of sp³-hybridized carbons (Fsp3) is 0.278. The molecule has 1 fully saturated rings. The van der Waals surface area contributed by atoms with Crippen molar-refractivity contribution in [3.63, 3.8) is 0 Å². The van der Waals surface area contributed by atoms with Crippen molar-refractivity contribution in [1.29, 1.82) is 0 Å². The number of aliphatic imine (C=N–C) groups is 1. The second-order valence-corrected chi connectivity index (χ2v) is 6.34. The van der Waals surface area contributed by atoms with E-state index in [9.17, 15) is 0 Å². The average molecular weight is 314 g/mol. The van der Waals surface area contributed by atoms with Crippen molar-refractivity contribution in [1.82, 2.24) is 0 Å². The first-order chi connectivity index (χ1) is 10.5. The molecule has 0 saturated heterocycles. The molecular weight excluding hydrogens is 294 g/mol. The van der Waals surface area contributed by atoms with Gasteiger partial charge in [0, 0.05) is 16.6 Å². The van der Waals surface area contributed by atoms with Gasteiger partial charge in [-0.1, -0.05) is 29.8 Å². The van der Waals surface area contributed by atoms with Gasteiger partial charge in [-0.3, -0.25) is 0 Å². The number of rotatable bonds is 3. The van der Waals surface area contributed by atoms with Gasteiger partial charge in [0.2, 0.25) is 0 Å². The summed E-state index contributed by atoms with van der Waals surface area (Å²) in [7, 11) is 0. The molecule has 1 aliphatic carbocycles. The van der Waals surface area contributed by atoms with Gasteiger partial charge in [0.25, 0.3) is 0 Å². The molecule has 1 saturated carbocycles. The maximum atomic E-state index is 6.03. The third-order valence-electron chi connectivity index (χ3n) is 4.12. The lowest BCUT2D eigenvalue weighted by molar-refractivity contribution is 0.985. The number of nitrogens with zero attached hydrogens (tertiary/aromatic N) is 1. The van der Waals surface area contributed by atoms with Crippen molar-refractivity contribution < 1.29 is 0 Å². The molecule has 0 radical (unpaired) electrons. The van der Waals surface area contributed by atoms with E-state index in [1.54, 1.807) is 0 Å². The maximum Gasteiger partial charge on any atom is 0.193 e. The van der Waals surface area contributed by atoms with Crippen molar-refractivity contribution in [2.24, 2.45) is 10.7 Å². The van der Waals surface area contributed by atoms with E-state index in [1.807, 2.05) is 24.3 Å². The number of hydrogen-bond donors (Lipinski definition) is 2. The Balaban J connectivity index is 1.65. The normalized spacial score (nSPS) is 20.8. The molecule has 0 heterocycles. The summed E-state index contributed by atoms with van der Waals surface area (Å²) in [6, 6.07) is 14.4. The average Bonchev–Trinajstić information content (AvgIpc) is 3.22. The minimum Gasteiger partial charge on any atom is -0.370 e. The maximum absolute atomic E-state index is 6.03. The van der Waals surface area contributed by atoms with Crippen LogP contribution in [0.5, 0.6) is 0 Å². The van der Waals surface area contributed by atoms with Crippen LogP contribution < -0.4 is 11.1 Å². The topological polar surface area (TPSA) is 50.4 Å². The van der Waals surface area contributed by atoms with E-state index in [4.69, 9.17) is 17.3 Å². The van der Waals surface area contributed by atoms with Gasteiger partial charge in [-0.25, -0.2) is 4.99 Å². The van der Waals surface area contributed by atoms with Gasteiger partial charge in [0.15, 0.2) is 5.96 Å². The summed E-state index contributed by atoms with van der Waals surface area (Å²) in [6.45, 7) is 4.18. The van der Waals surface area contributed by atoms with Gasteiger partial charge in [0.05, 0.1) is 6.04 Å². The molecule has 2 aromatic rings. The Kier molecular flexibility index (Phi) is 4.08. The molecule has 3 nitrogen and oxygen atoms in total. The zero-order valence-electron chi connectivity index (χ0n) is 12.8. The Bertz CT molecular complexity index is 724. The highest BCUT2D eigenvalue weighted by Crippen LogP contribution is 2.44. The number of guanidine groups is 1. The highest BCUT2D eigenvalue weighted by atomic mass is 35.5. The SMILES string of the molecule is Cc1ccc(NC(N)=NC2CC2c2cccc(Cl)c2)cc1C. The number of nitrogens with one attached hydrogen (secondary N) is 1. The van der Waals surface area contributed by atoms with Crippen LogP contribution in [0, 0.1) is 13.8 Å². The lowest BCUT2D eigenvalue weighted by atomic mass is 10.1. The monoisotopic (exact) mass is 313 g/mol. The Hall–Kier alpha value is -2.00. The molecule has 114 valence electrons. The van der Waals surface area contributed by atoms with Crippen LogP contribution >= 0.6 is 11.6 Å². The summed E-state index contributed by atoms with van der Waals surface area (Å²) in [5.74, 6) is 0.900. The summed E-state index contributed by atoms with van der Waals surface area (Å²) in [6.07, 6.45) is 1.02. The number of hydrogen-bond acceptors (Lipinski definition) is 1. The van der Waals surface area contributed by atoms with E-state index in [1.165, 1.54) is 16.7 Å². The second-order valence-electron chi connectivity index (χ2n) is 5.90. The standard InChI is InChI=1S/C18H20ClN3/c1-11-6-7-15(8-12(11)2)21-18(20)22-17-10-16(17)13-4-3-5-14(19)9-13/h3-9,16-17H,10H2,1-2H3,(H3,20,21,22). The summed E-state index contributed by atoms with van der Waals surface area (Å²) < 4.78 is 0. The number of aryl methyl sites for hydroxylation is 2. The van der Waals surface area contributed by atoms with Crippen molar-refractivity contribution in [3.8, 4) is 0 Å². The van der Waals surface area contributed by atoms with Gasteiger partial charge in [-0.2, -0.15) is 0 Å². The molecule has 2 atom stereocenters. The van der Waals surface area contributed by atoms with Gasteiger partial charge >= 0.3 is 0 Å². The molecular formula is C18H20ClN3. The highest BCUT2D eigenvalue weighted by molar-refractivity contribution is 6.30. The van der Waals surface area contributed by atoms with Crippen LogP contribution in [-0.4, -0.2) is 12.0 Å². The molecule has 0 spiro atoms. The largest absolute Gasteiger partial charge is 0.370 e. The molecule has 2 aromatic carbocycles. The Labute approximate surface area is 136 Å². The highest BCUT2D eigenvalue weighted by Gasteiger charge is 2.38. The lowest BCUT2D eigenvalue weighted by Crippen LogP contribution is -2.23. The molecule has 0 amide bonds. The van der Waals surface area contributed by atoms with Crippen molar-refractivity contribution in [2.45, 2.75) is 32.2 Å². The zero-order chi connectivity index (χ0) is 15.7. The van der Waals surface area contributed by atoms with Crippen LogP contribution in [-0.2, 0) is 0 Å². The fourth-order valence-electron chi connectivity index (χ4n) is 2.60. The van der Waals surface area contributed by atoms with Gasteiger partial charge < -0.3 is 11.1 Å². The third-order valence-corrected chi connectivity index (χ3v) is 4.35. The van der Waals surface area contributed by atoms with Crippen molar-refractivity contribution in [3.05, 3.63) is 64.2 Å². The van der Waals surface area contributed by atoms with Crippen LogP contribution in [0.25, 0.3) is 0 Å². The van der Waals surface area contributed by atoms with Crippen molar-refractivity contribution >= 4 is 23.2 Å². The summed E-state index contributed by atoms with van der Waals surface area (Å²) >= 11 is 6.03. The minimum absolute atomic E-state index is 0.248. The fourth-order valence-corrected chi connectivity index (χ4v) is 2.80. The predicted octanol–water partition coefficient (Wildman–Crippen LogP) is 4.24. The van der Waals surface area contributed by atoms with Crippen LogP contribution in [0.15, 0.2) is 47.5 Å². The number of nitrogens with two attached hydrogens (primary N) is 1. The first-order valence-electron chi connectivity index (χ1n) is 7.46. The molecule has 22 heavy (non-hydrogen) atoms. The zero-order valence-corrected chi connectivity index (χ0v) is 13.6. The smallest absolute Gasteiger partial charge is 0.193 e. The predicted molar refractivity (Wildman–Crippen MR) is 93.8 cm³/mol. The van der Waals surface area contributed by atoms with E-state index in [0.29, 0.717) is 11.9 Å². The van der Waals surface area contributed by atoms with E-state index in [-0.39, 0.29) is 6.04 Å². The molecule has 3 rings (SSSR count). The number of benzene rings is 2. The molecule has 3 N–H and O–H groups in total. The van der Waals surface area contributed by atoms with E-state index in [2.05, 4.69) is 42.4 Å².